The van der Waals surface area contributed by atoms with Gasteiger partial charge in [-0.3, -0.25) is 4.79 Å². The number of anilines is 1. The number of aromatic nitrogens is 1. The first kappa shape index (κ1) is 17.7. The van der Waals surface area contributed by atoms with Crippen LogP contribution in [0.15, 0.2) is 42.6 Å². The average Bonchev–Trinajstić information content (AvgIpc) is 2.67. The number of halogens is 3. The number of alkyl halides is 3. The molecule has 1 aromatic heterocycles. The van der Waals surface area contributed by atoms with Gasteiger partial charge < -0.3 is 9.80 Å². The lowest BCUT2D eigenvalue weighted by atomic mass is 10.1. The smallest absolute Gasteiger partial charge is 0.352 e. The Morgan fingerprint density at radius 1 is 1.12 bits per heavy atom. The molecular formula is C18H15F3N4O. The van der Waals surface area contributed by atoms with Crippen molar-refractivity contribution in [3.05, 3.63) is 59.3 Å². The molecule has 1 aromatic carbocycles. The van der Waals surface area contributed by atoms with Crippen molar-refractivity contribution in [1.82, 2.24) is 9.88 Å². The number of hydrogen-bond acceptors (Lipinski definition) is 4. The van der Waals surface area contributed by atoms with E-state index in [9.17, 15) is 18.0 Å². The first-order chi connectivity index (χ1) is 12.4. The molecule has 3 rings (SSSR count). The molecule has 0 N–H and O–H groups in total. The van der Waals surface area contributed by atoms with Crippen LogP contribution < -0.4 is 4.90 Å². The van der Waals surface area contributed by atoms with E-state index in [1.54, 1.807) is 18.3 Å². The quantitative estimate of drug-likeness (QED) is 0.826. The molecule has 0 radical (unpaired) electrons. The molecule has 0 saturated carbocycles. The minimum absolute atomic E-state index is 0.0174. The second kappa shape index (κ2) is 7.04. The Morgan fingerprint density at radius 3 is 2.50 bits per heavy atom. The van der Waals surface area contributed by atoms with Crippen LogP contribution in [0.5, 0.6) is 0 Å². The van der Waals surface area contributed by atoms with E-state index in [1.165, 1.54) is 17.0 Å². The molecule has 5 nitrogen and oxygen atoms in total. The summed E-state index contributed by atoms with van der Waals surface area (Å²) < 4.78 is 38.5. The Morgan fingerprint density at radius 2 is 1.85 bits per heavy atom. The molecule has 26 heavy (non-hydrogen) atoms. The van der Waals surface area contributed by atoms with E-state index in [2.05, 4.69) is 11.1 Å². The minimum atomic E-state index is -4.48. The predicted octanol–water partition coefficient (Wildman–Crippen LogP) is 2.93. The number of pyridine rings is 1. The topological polar surface area (TPSA) is 60.2 Å². The Hall–Kier alpha value is -3.08. The average molecular weight is 360 g/mol. The lowest BCUT2D eigenvalue weighted by molar-refractivity contribution is -0.137. The van der Waals surface area contributed by atoms with Crippen molar-refractivity contribution in [2.24, 2.45) is 0 Å². The van der Waals surface area contributed by atoms with Gasteiger partial charge in [-0.15, -0.1) is 0 Å². The van der Waals surface area contributed by atoms with E-state index in [-0.39, 0.29) is 5.56 Å². The first-order valence-electron chi connectivity index (χ1n) is 7.97. The third-order valence-corrected chi connectivity index (χ3v) is 4.21. The van der Waals surface area contributed by atoms with E-state index in [0.29, 0.717) is 37.6 Å². The normalized spacial score (nSPS) is 14.8. The Balaban J connectivity index is 1.70. The molecule has 1 saturated heterocycles. The predicted molar refractivity (Wildman–Crippen MR) is 88.5 cm³/mol. The van der Waals surface area contributed by atoms with Gasteiger partial charge in [-0.05, 0) is 30.3 Å². The summed E-state index contributed by atoms with van der Waals surface area (Å²) in [5.41, 5.74) is -0.372. The molecule has 1 fully saturated rings. The molecule has 0 bridgehead atoms. The highest BCUT2D eigenvalue weighted by atomic mass is 19.4. The van der Waals surface area contributed by atoms with Crippen LogP contribution in [0.25, 0.3) is 0 Å². The number of carbonyl (C=O) groups is 1. The van der Waals surface area contributed by atoms with Crippen LogP contribution in [0.2, 0.25) is 0 Å². The maximum absolute atomic E-state index is 12.8. The van der Waals surface area contributed by atoms with E-state index in [1.807, 2.05) is 4.90 Å². The monoisotopic (exact) mass is 360 g/mol. The van der Waals surface area contributed by atoms with Crippen LogP contribution >= 0.6 is 0 Å². The number of rotatable bonds is 2. The summed E-state index contributed by atoms with van der Waals surface area (Å²) in [4.78, 5) is 20.1. The fraction of sp³-hybridized carbons (Fsp3) is 0.278. The Labute approximate surface area is 148 Å². The third kappa shape index (κ3) is 3.61. The summed E-state index contributed by atoms with van der Waals surface area (Å²) in [5.74, 6) is 0.124. The van der Waals surface area contributed by atoms with Gasteiger partial charge in [0.25, 0.3) is 5.91 Å². The summed E-state index contributed by atoms with van der Waals surface area (Å²) in [6.07, 6.45) is -2.89. The van der Waals surface area contributed by atoms with Crippen LogP contribution in [0, 0.1) is 11.3 Å². The van der Waals surface area contributed by atoms with Gasteiger partial charge in [-0.1, -0.05) is 6.07 Å². The summed E-state index contributed by atoms with van der Waals surface area (Å²) in [6.45, 7) is 1.60. The minimum Gasteiger partial charge on any atom is -0.352 e. The fourth-order valence-corrected chi connectivity index (χ4v) is 2.87. The third-order valence-electron chi connectivity index (χ3n) is 4.21. The van der Waals surface area contributed by atoms with E-state index >= 15 is 0 Å². The van der Waals surface area contributed by atoms with Gasteiger partial charge in [-0.2, -0.15) is 18.4 Å². The van der Waals surface area contributed by atoms with Crippen molar-refractivity contribution in [2.75, 3.05) is 31.1 Å². The maximum atomic E-state index is 12.8. The number of nitriles is 1. The molecule has 2 heterocycles. The zero-order valence-electron chi connectivity index (χ0n) is 13.7. The van der Waals surface area contributed by atoms with Gasteiger partial charge in [0.1, 0.15) is 11.9 Å². The lowest BCUT2D eigenvalue weighted by Crippen LogP contribution is -2.49. The second-order valence-electron chi connectivity index (χ2n) is 5.84. The molecule has 8 heteroatoms. The van der Waals surface area contributed by atoms with Crippen LogP contribution in [0.1, 0.15) is 21.5 Å². The van der Waals surface area contributed by atoms with Crippen LogP contribution in [0.3, 0.4) is 0 Å². The van der Waals surface area contributed by atoms with Gasteiger partial charge >= 0.3 is 6.18 Å². The second-order valence-corrected chi connectivity index (χ2v) is 5.84. The number of carbonyl (C=O) groups excluding carboxylic acids is 1. The molecule has 0 spiro atoms. The highest BCUT2D eigenvalue weighted by Crippen LogP contribution is 2.30. The summed E-state index contributed by atoms with van der Waals surface area (Å²) in [6, 6.07) is 9.87. The van der Waals surface area contributed by atoms with Crippen molar-refractivity contribution in [1.29, 1.82) is 5.26 Å². The highest BCUT2D eigenvalue weighted by Gasteiger charge is 2.32. The summed E-state index contributed by atoms with van der Waals surface area (Å²) in [7, 11) is 0. The first-order valence-corrected chi connectivity index (χ1v) is 7.97. The standard InChI is InChI=1S/C18H15F3N4O/c19-18(20,21)15-5-1-3-13(11-15)17(26)25-9-7-24(8-10-25)16-14(12-22)4-2-6-23-16/h1-6,11H,7-10H2. The van der Waals surface area contributed by atoms with Crippen molar-refractivity contribution >= 4 is 11.7 Å². The van der Waals surface area contributed by atoms with E-state index in [0.717, 1.165) is 12.1 Å². The molecule has 0 atom stereocenters. The van der Waals surface area contributed by atoms with Gasteiger partial charge in [0.2, 0.25) is 0 Å². The van der Waals surface area contributed by atoms with Crippen molar-refractivity contribution < 1.29 is 18.0 Å². The van der Waals surface area contributed by atoms with Crippen molar-refractivity contribution in [2.45, 2.75) is 6.18 Å². The molecule has 1 amide bonds. The van der Waals surface area contributed by atoms with Crippen LogP contribution in [0.4, 0.5) is 19.0 Å². The molecule has 0 unspecified atom stereocenters. The van der Waals surface area contributed by atoms with Gasteiger partial charge in [-0.25, -0.2) is 4.98 Å². The SMILES string of the molecule is N#Cc1cccnc1N1CCN(C(=O)c2cccc(C(F)(F)F)c2)CC1. The Bertz CT molecular complexity index is 852. The zero-order chi connectivity index (χ0) is 18.7. The molecule has 0 aliphatic carbocycles. The van der Waals surface area contributed by atoms with Crippen molar-refractivity contribution in [3.8, 4) is 6.07 Å². The summed E-state index contributed by atoms with van der Waals surface area (Å²) >= 11 is 0. The molecule has 2 aromatic rings. The van der Waals surface area contributed by atoms with Gasteiger partial charge in [0, 0.05) is 37.9 Å². The molecule has 1 aliphatic rings. The van der Waals surface area contributed by atoms with Crippen molar-refractivity contribution in [3.63, 3.8) is 0 Å². The highest BCUT2D eigenvalue weighted by molar-refractivity contribution is 5.94. The number of amides is 1. The van der Waals surface area contributed by atoms with Crippen LogP contribution in [-0.4, -0.2) is 42.0 Å². The van der Waals surface area contributed by atoms with E-state index < -0.39 is 17.6 Å². The number of nitrogens with zero attached hydrogens (tertiary/aromatic N) is 4. The summed E-state index contributed by atoms with van der Waals surface area (Å²) in [5, 5.41) is 9.16. The maximum Gasteiger partial charge on any atom is 0.416 e. The molecule has 1 aliphatic heterocycles. The molecule has 134 valence electrons. The molecular weight excluding hydrogens is 345 g/mol. The van der Waals surface area contributed by atoms with Gasteiger partial charge in [0.15, 0.2) is 0 Å². The zero-order valence-corrected chi connectivity index (χ0v) is 13.7. The lowest BCUT2D eigenvalue weighted by Gasteiger charge is -2.35. The number of piperazine rings is 1. The fourth-order valence-electron chi connectivity index (χ4n) is 2.87. The number of benzene rings is 1. The largest absolute Gasteiger partial charge is 0.416 e. The number of hydrogen-bond donors (Lipinski definition) is 0. The van der Waals surface area contributed by atoms with Gasteiger partial charge in [0.05, 0.1) is 11.1 Å². The van der Waals surface area contributed by atoms with E-state index in [4.69, 9.17) is 5.26 Å². The Kier molecular flexibility index (Phi) is 4.80. The van der Waals surface area contributed by atoms with Crippen LogP contribution in [-0.2, 0) is 6.18 Å².